The van der Waals surface area contributed by atoms with E-state index in [0.717, 1.165) is 25.2 Å². The predicted molar refractivity (Wildman–Crippen MR) is 71.0 cm³/mol. The molecule has 3 N–H and O–H groups in total. The molecule has 0 aliphatic carbocycles. The molecule has 1 aromatic rings. The molecule has 0 saturated carbocycles. The van der Waals surface area contributed by atoms with Crippen LogP contribution in [-0.2, 0) is 4.57 Å². The number of rotatable bonds is 2. The fraction of sp³-hybridized carbons (Fsp3) is 0.333. The van der Waals surface area contributed by atoms with Gasteiger partial charge in [-0.2, -0.15) is 0 Å². The van der Waals surface area contributed by atoms with Crippen molar-refractivity contribution in [2.24, 2.45) is 0 Å². The van der Waals surface area contributed by atoms with Crippen LogP contribution in [0.1, 0.15) is 6.42 Å². The molecule has 0 amide bonds. The van der Waals surface area contributed by atoms with Crippen LogP contribution in [0.15, 0.2) is 24.3 Å². The summed E-state index contributed by atoms with van der Waals surface area (Å²) in [6.45, 7) is 1.59. The van der Waals surface area contributed by atoms with Crippen LogP contribution in [0.25, 0.3) is 0 Å². The molecule has 0 radical (unpaired) electrons. The molecule has 15 heavy (non-hydrogen) atoms. The molecule has 1 aliphatic heterocycles. The number of halogens is 1. The second-order valence-electron chi connectivity index (χ2n) is 3.40. The van der Waals surface area contributed by atoms with Crippen molar-refractivity contribution in [1.82, 2.24) is 10.2 Å². The lowest BCUT2D eigenvalue weighted by Gasteiger charge is -2.26. The molecule has 1 aliphatic rings. The maximum Gasteiger partial charge on any atom is 0.303 e. The minimum Gasteiger partial charge on any atom is -0.313 e. The third-order valence-corrected chi connectivity index (χ3v) is 4.78. The smallest absolute Gasteiger partial charge is 0.303 e. The highest BCUT2D eigenvalue weighted by molar-refractivity contribution is 14.1. The average Bonchev–Trinajstić information content (AvgIpc) is 2.22. The van der Waals surface area contributed by atoms with E-state index in [9.17, 15) is 4.57 Å². The van der Waals surface area contributed by atoms with Gasteiger partial charge in [0.25, 0.3) is 0 Å². The maximum absolute atomic E-state index is 12.2. The summed E-state index contributed by atoms with van der Waals surface area (Å²) in [6, 6.07) is 7.83. The average molecular weight is 337 g/mol. The van der Waals surface area contributed by atoms with E-state index in [2.05, 4.69) is 37.9 Å². The van der Waals surface area contributed by atoms with Crippen molar-refractivity contribution in [2.45, 2.75) is 6.42 Å². The molecule has 0 spiro atoms. The first kappa shape index (κ1) is 11.4. The Morgan fingerprint density at radius 3 is 2.40 bits per heavy atom. The molecule has 1 heterocycles. The van der Waals surface area contributed by atoms with Gasteiger partial charge >= 0.3 is 7.59 Å². The number of anilines is 1. The van der Waals surface area contributed by atoms with Gasteiger partial charge in [-0.05, 0) is 53.3 Å². The van der Waals surface area contributed by atoms with Gasteiger partial charge < -0.3 is 5.09 Å². The predicted octanol–water partition coefficient (Wildman–Crippen LogP) is 2.39. The standard InChI is InChI=1S/C9H13IN3OP/c10-8-2-4-9(5-3-8)13-15(14)11-6-1-7-12-15/h2-5H,1,6-7H2,(H3,11,12,13,14). The topological polar surface area (TPSA) is 53.2 Å². The summed E-state index contributed by atoms with van der Waals surface area (Å²) in [4.78, 5) is 0. The van der Waals surface area contributed by atoms with Crippen LogP contribution in [0, 0.1) is 3.57 Å². The van der Waals surface area contributed by atoms with Crippen molar-refractivity contribution >= 4 is 35.9 Å². The molecule has 0 aromatic heterocycles. The fourth-order valence-corrected chi connectivity index (χ4v) is 3.49. The zero-order valence-corrected chi connectivity index (χ0v) is 11.2. The number of hydrogen-bond donors (Lipinski definition) is 3. The molecule has 1 fully saturated rings. The zero-order valence-electron chi connectivity index (χ0n) is 8.16. The van der Waals surface area contributed by atoms with Crippen LogP contribution in [0.2, 0.25) is 0 Å². The van der Waals surface area contributed by atoms with Gasteiger partial charge in [-0.3, -0.25) is 4.57 Å². The van der Waals surface area contributed by atoms with E-state index in [1.165, 1.54) is 3.57 Å². The van der Waals surface area contributed by atoms with Gasteiger partial charge in [-0.1, -0.05) is 0 Å². The van der Waals surface area contributed by atoms with Crippen LogP contribution < -0.4 is 15.3 Å². The molecule has 2 rings (SSSR count). The highest BCUT2D eigenvalue weighted by Gasteiger charge is 2.23. The summed E-state index contributed by atoms with van der Waals surface area (Å²) in [6.07, 6.45) is 1.01. The maximum atomic E-state index is 12.2. The van der Waals surface area contributed by atoms with Gasteiger partial charge in [-0.25, -0.2) is 10.2 Å². The van der Waals surface area contributed by atoms with Crippen molar-refractivity contribution in [1.29, 1.82) is 0 Å². The molecule has 0 unspecified atom stereocenters. The van der Waals surface area contributed by atoms with Crippen LogP contribution >= 0.6 is 30.2 Å². The first-order chi connectivity index (χ1) is 7.18. The minimum atomic E-state index is -2.60. The van der Waals surface area contributed by atoms with E-state index in [4.69, 9.17) is 0 Å². The molecule has 0 bridgehead atoms. The Kier molecular flexibility index (Phi) is 3.66. The highest BCUT2D eigenvalue weighted by Crippen LogP contribution is 2.37. The minimum absolute atomic E-state index is 0.793. The van der Waals surface area contributed by atoms with Crippen LogP contribution in [0.5, 0.6) is 0 Å². The highest BCUT2D eigenvalue weighted by atomic mass is 127. The van der Waals surface area contributed by atoms with Crippen molar-refractivity contribution in [2.75, 3.05) is 18.2 Å². The SMILES string of the molecule is O=P1(Nc2ccc(I)cc2)NCCCN1. The fourth-order valence-electron chi connectivity index (χ4n) is 1.40. The summed E-state index contributed by atoms with van der Waals surface area (Å²) in [5.74, 6) is 0. The second-order valence-corrected chi connectivity index (χ2v) is 6.72. The van der Waals surface area contributed by atoms with Crippen molar-refractivity contribution in [3.05, 3.63) is 27.8 Å². The van der Waals surface area contributed by atoms with Gasteiger partial charge in [0.1, 0.15) is 0 Å². The van der Waals surface area contributed by atoms with Gasteiger partial charge in [0.2, 0.25) is 0 Å². The quantitative estimate of drug-likeness (QED) is 0.573. The van der Waals surface area contributed by atoms with E-state index in [0.29, 0.717) is 0 Å². The Bertz CT molecular complexity index is 371. The normalized spacial score (nSPS) is 19.8. The zero-order chi connectivity index (χ0) is 10.7. The summed E-state index contributed by atoms with van der Waals surface area (Å²) < 4.78 is 13.3. The monoisotopic (exact) mass is 337 g/mol. The first-order valence-electron chi connectivity index (χ1n) is 4.82. The van der Waals surface area contributed by atoms with Crippen molar-refractivity contribution in [3.8, 4) is 0 Å². The summed E-state index contributed by atoms with van der Waals surface area (Å²) in [5, 5.41) is 8.99. The van der Waals surface area contributed by atoms with Crippen molar-refractivity contribution in [3.63, 3.8) is 0 Å². The summed E-state index contributed by atoms with van der Waals surface area (Å²) >= 11 is 2.24. The van der Waals surface area contributed by atoms with E-state index < -0.39 is 7.59 Å². The van der Waals surface area contributed by atoms with Gasteiger partial charge in [0, 0.05) is 22.3 Å². The Hall–Kier alpha value is -0.100. The lowest BCUT2D eigenvalue weighted by atomic mass is 10.3. The Morgan fingerprint density at radius 2 is 1.80 bits per heavy atom. The van der Waals surface area contributed by atoms with Crippen LogP contribution in [0.4, 0.5) is 5.69 Å². The first-order valence-corrected chi connectivity index (χ1v) is 7.61. The largest absolute Gasteiger partial charge is 0.313 e. The van der Waals surface area contributed by atoms with E-state index >= 15 is 0 Å². The third-order valence-electron chi connectivity index (χ3n) is 2.15. The van der Waals surface area contributed by atoms with Crippen molar-refractivity contribution < 1.29 is 4.57 Å². The molecule has 6 heteroatoms. The molecule has 1 aromatic carbocycles. The number of benzene rings is 1. The lowest BCUT2D eigenvalue weighted by Crippen LogP contribution is -2.34. The van der Waals surface area contributed by atoms with Gasteiger partial charge in [0.05, 0.1) is 0 Å². The summed E-state index contributed by atoms with van der Waals surface area (Å²) in [5.41, 5.74) is 0.876. The molecule has 4 nitrogen and oxygen atoms in total. The molecule has 0 atom stereocenters. The van der Waals surface area contributed by atoms with Gasteiger partial charge in [0.15, 0.2) is 0 Å². The van der Waals surface area contributed by atoms with Crippen LogP contribution in [-0.4, -0.2) is 13.1 Å². The van der Waals surface area contributed by atoms with Gasteiger partial charge in [-0.15, -0.1) is 0 Å². The van der Waals surface area contributed by atoms with E-state index in [1.807, 2.05) is 24.3 Å². The number of nitrogens with one attached hydrogen (secondary N) is 3. The summed E-state index contributed by atoms with van der Waals surface area (Å²) in [7, 11) is -2.60. The lowest BCUT2D eigenvalue weighted by molar-refractivity contribution is 0.540. The van der Waals surface area contributed by atoms with E-state index in [-0.39, 0.29) is 0 Å². The molecule has 82 valence electrons. The molecular formula is C9H13IN3OP. The van der Waals surface area contributed by atoms with E-state index in [1.54, 1.807) is 0 Å². The molecular weight excluding hydrogens is 324 g/mol. The number of hydrogen-bond acceptors (Lipinski definition) is 1. The Balaban J connectivity index is 2.07. The second kappa shape index (κ2) is 4.82. The Labute approximate surface area is 103 Å². The van der Waals surface area contributed by atoms with Crippen LogP contribution in [0.3, 0.4) is 0 Å². The molecule has 1 saturated heterocycles. The Morgan fingerprint density at radius 1 is 1.20 bits per heavy atom. The third kappa shape index (κ3) is 3.17.